The van der Waals surface area contributed by atoms with Crippen LogP contribution in [0.5, 0.6) is 0 Å². The molecule has 4 rings (SSSR count). The molecule has 4 heteroatoms. The van der Waals surface area contributed by atoms with Crippen molar-refractivity contribution in [3.8, 4) is 0 Å². The van der Waals surface area contributed by atoms with Crippen LogP contribution in [0.25, 0.3) is 6.08 Å². The van der Waals surface area contributed by atoms with Crippen LogP contribution in [0.15, 0.2) is 22.9 Å². The molecule has 0 aliphatic carbocycles. The predicted molar refractivity (Wildman–Crippen MR) is 104 cm³/mol. The van der Waals surface area contributed by atoms with Crippen molar-refractivity contribution in [1.82, 2.24) is 4.90 Å². The number of rotatable bonds is 3. The quantitative estimate of drug-likeness (QED) is 0.837. The predicted octanol–water partition coefficient (Wildman–Crippen LogP) is 3.84. The Kier molecular flexibility index (Phi) is 4.45. The number of likely N-dealkylation sites (N-methyl/N-ethyl adjacent to an activating group) is 1. The highest BCUT2D eigenvalue weighted by atomic mass is 16.5. The summed E-state index contributed by atoms with van der Waals surface area (Å²) in [6.45, 7) is 10.5. The van der Waals surface area contributed by atoms with E-state index < -0.39 is 0 Å². The minimum absolute atomic E-state index is 0.252. The van der Waals surface area contributed by atoms with E-state index in [-0.39, 0.29) is 6.04 Å². The summed E-state index contributed by atoms with van der Waals surface area (Å²) in [7, 11) is 0. The van der Waals surface area contributed by atoms with E-state index >= 15 is 0 Å². The van der Waals surface area contributed by atoms with Crippen LogP contribution in [0, 0.1) is 0 Å². The molecule has 25 heavy (non-hydrogen) atoms. The van der Waals surface area contributed by atoms with Gasteiger partial charge in [0.25, 0.3) is 6.02 Å². The molecule has 0 radical (unpaired) electrons. The smallest absolute Gasteiger partial charge is 0.293 e. The third kappa shape index (κ3) is 3.26. The number of hydrogen-bond acceptors (Lipinski definition) is 3. The van der Waals surface area contributed by atoms with Crippen molar-refractivity contribution in [1.29, 1.82) is 0 Å². The molecule has 0 N–H and O–H groups in total. The maximum absolute atomic E-state index is 6.06. The van der Waals surface area contributed by atoms with Gasteiger partial charge in [-0.3, -0.25) is 0 Å². The number of benzene rings is 1. The molecule has 0 amide bonds. The summed E-state index contributed by atoms with van der Waals surface area (Å²) < 4.78 is 6.06. The van der Waals surface area contributed by atoms with Crippen LogP contribution >= 0.6 is 0 Å². The van der Waals surface area contributed by atoms with Crippen molar-refractivity contribution in [2.45, 2.75) is 52.5 Å². The van der Waals surface area contributed by atoms with Gasteiger partial charge in [-0.25, -0.2) is 4.99 Å². The van der Waals surface area contributed by atoms with Crippen LogP contribution in [0.4, 0.5) is 5.69 Å². The first kappa shape index (κ1) is 16.5. The fourth-order valence-electron chi connectivity index (χ4n) is 4.22. The van der Waals surface area contributed by atoms with Gasteiger partial charge in [0.2, 0.25) is 0 Å². The average Bonchev–Trinajstić information content (AvgIpc) is 2.96. The average molecular weight is 339 g/mol. The minimum atomic E-state index is 0.252. The highest BCUT2D eigenvalue weighted by molar-refractivity contribution is 5.79. The Labute approximate surface area is 151 Å². The van der Waals surface area contributed by atoms with Crippen LogP contribution in [0.3, 0.4) is 0 Å². The van der Waals surface area contributed by atoms with Crippen LogP contribution in [-0.2, 0) is 17.6 Å². The summed E-state index contributed by atoms with van der Waals surface area (Å²) in [5, 5.41) is 0. The van der Waals surface area contributed by atoms with E-state index in [4.69, 9.17) is 4.74 Å². The lowest BCUT2D eigenvalue weighted by Crippen LogP contribution is -2.34. The third-order valence-electron chi connectivity index (χ3n) is 5.27. The van der Waals surface area contributed by atoms with Gasteiger partial charge in [0.15, 0.2) is 0 Å². The van der Waals surface area contributed by atoms with Crippen molar-refractivity contribution < 1.29 is 4.74 Å². The zero-order valence-corrected chi connectivity index (χ0v) is 15.7. The monoisotopic (exact) mass is 339 g/mol. The highest BCUT2D eigenvalue weighted by Crippen LogP contribution is 2.36. The van der Waals surface area contributed by atoms with Gasteiger partial charge in [0, 0.05) is 31.4 Å². The summed E-state index contributed by atoms with van der Waals surface area (Å²) in [6.07, 6.45) is 7.18. The number of hydrogen-bond donors (Lipinski definition) is 0. The first-order valence-electron chi connectivity index (χ1n) is 9.76. The number of aryl methyl sites for hydroxylation is 2. The molecule has 3 aliphatic heterocycles. The fraction of sp³-hybridized carbons (Fsp3) is 0.571. The zero-order valence-electron chi connectivity index (χ0n) is 15.7. The summed E-state index contributed by atoms with van der Waals surface area (Å²) in [5.74, 6) is 1.01. The SMILES string of the molecule is CCN1C/C(=C\c2cc3c4c(c2)CCCN4CCC3)OC1=NC(C)C. The Hall–Kier alpha value is -1.97. The third-order valence-corrected chi connectivity index (χ3v) is 5.27. The van der Waals surface area contributed by atoms with Gasteiger partial charge in [0.05, 0.1) is 6.54 Å². The Bertz CT molecular complexity index is 689. The molecule has 1 aromatic rings. The molecule has 0 atom stereocenters. The molecule has 4 nitrogen and oxygen atoms in total. The number of amidine groups is 1. The van der Waals surface area contributed by atoms with E-state index in [0.29, 0.717) is 0 Å². The molecule has 1 fully saturated rings. The van der Waals surface area contributed by atoms with Crippen molar-refractivity contribution in [3.63, 3.8) is 0 Å². The molecular weight excluding hydrogens is 310 g/mol. The van der Waals surface area contributed by atoms with E-state index in [1.54, 1.807) is 0 Å². The van der Waals surface area contributed by atoms with E-state index in [0.717, 1.165) is 24.9 Å². The van der Waals surface area contributed by atoms with Gasteiger partial charge in [-0.15, -0.1) is 0 Å². The minimum Gasteiger partial charge on any atom is -0.429 e. The van der Waals surface area contributed by atoms with Crippen LogP contribution in [0.2, 0.25) is 0 Å². The standard InChI is InChI=1S/C21H29N3O/c1-4-23-14-19(25-21(23)22-15(2)3)13-16-11-17-7-5-9-24-10-6-8-18(12-16)20(17)24/h11-13,15H,4-10,14H2,1-3H3/b19-13+,22-21?. The molecule has 0 spiro atoms. The van der Waals surface area contributed by atoms with Gasteiger partial charge < -0.3 is 14.5 Å². The van der Waals surface area contributed by atoms with E-state index in [2.05, 4.69) is 53.8 Å². The van der Waals surface area contributed by atoms with E-state index in [1.807, 2.05) is 0 Å². The van der Waals surface area contributed by atoms with Crippen molar-refractivity contribution in [2.24, 2.45) is 4.99 Å². The molecule has 134 valence electrons. The summed E-state index contributed by atoms with van der Waals surface area (Å²) in [5.41, 5.74) is 5.87. The lowest BCUT2D eigenvalue weighted by molar-refractivity contribution is 0.419. The second kappa shape index (κ2) is 6.74. The molecule has 1 saturated heterocycles. The first-order valence-corrected chi connectivity index (χ1v) is 9.76. The van der Waals surface area contributed by atoms with Crippen LogP contribution in [-0.4, -0.2) is 43.1 Å². The van der Waals surface area contributed by atoms with Crippen molar-refractivity contribution in [3.05, 3.63) is 34.6 Å². The molecule has 3 heterocycles. The van der Waals surface area contributed by atoms with E-state index in [1.165, 1.54) is 61.2 Å². The molecule has 1 aromatic carbocycles. The summed E-state index contributed by atoms with van der Waals surface area (Å²) in [6, 6.07) is 5.78. The molecule has 0 saturated carbocycles. The number of ether oxygens (including phenoxy) is 1. The zero-order chi connectivity index (χ0) is 17.4. The number of anilines is 1. The summed E-state index contributed by atoms with van der Waals surface area (Å²) >= 11 is 0. The maximum atomic E-state index is 6.06. The Morgan fingerprint density at radius 2 is 1.84 bits per heavy atom. The van der Waals surface area contributed by atoms with Gasteiger partial charge in [-0.05, 0) is 81.4 Å². The number of nitrogens with zero attached hydrogens (tertiary/aromatic N) is 3. The number of aliphatic imine (C=N–C) groups is 1. The van der Waals surface area contributed by atoms with Gasteiger partial charge in [-0.2, -0.15) is 0 Å². The van der Waals surface area contributed by atoms with Crippen LogP contribution in [0.1, 0.15) is 50.3 Å². The molecular formula is C21H29N3O. The van der Waals surface area contributed by atoms with Gasteiger partial charge in [-0.1, -0.05) is 0 Å². The maximum Gasteiger partial charge on any atom is 0.293 e. The molecule has 0 aromatic heterocycles. The topological polar surface area (TPSA) is 28.1 Å². The summed E-state index contributed by atoms with van der Waals surface area (Å²) in [4.78, 5) is 9.41. The highest BCUT2D eigenvalue weighted by Gasteiger charge is 2.26. The lowest BCUT2D eigenvalue weighted by Gasteiger charge is -2.37. The normalized spacial score (nSPS) is 22.7. The van der Waals surface area contributed by atoms with Crippen molar-refractivity contribution >= 4 is 17.8 Å². The van der Waals surface area contributed by atoms with E-state index in [9.17, 15) is 0 Å². The second-order valence-corrected chi connectivity index (χ2v) is 7.61. The lowest BCUT2D eigenvalue weighted by atomic mass is 9.90. The Morgan fingerprint density at radius 3 is 2.44 bits per heavy atom. The Morgan fingerprint density at radius 1 is 1.16 bits per heavy atom. The van der Waals surface area contributed by atoms with Gasteiger partial charge >= 0.3 is 0 Å². The molecule has 3 aliphatic rings. The van der Waals surface area contributed by atoms with Gasteiger partial charge in [0.1, 0.15) is 5.76 Å². The fourth-order valence-corrected chi connectivity index (χ4v) is 4.22. The first-order chi connectivity index (χ1) is 12.1. The molecule has 0 unspecified atom stereocenters. The second-order valence-electron chi connectivity index (χ2n) is 7.61. The van der Waals surface area contributed by atoms with Crippen LogP contribution < -0.4 is 4.90 Å². The largest absolute Gasteiger partial charge is 0.429 e. The Balaban J connectivity index is 1.64. The van der Waals surface area contributed by atoms with Crippen molar-refractivity contribution in [2.75, 3.05) is 31.1 Å². The molecule has 0 bridgehead atoms.